The topological polar surface area (TPSA) is 29.9 Å². The minimum absolute atomic E-state index is 0.248. The smallest absolute Gasteiger partial charge is 0.137 e. The van der Waals surface area contributed by atoms with Gasteiger partial charge < -0.3 is 9.88 Å². The van der Waals surface area contributed by atoms with Crippen molar-refractivity contribution in [3.63, 3.8) is 0 Å². The number of hydrogen-bond donors (Lipinski definition) is 1. The molecule has 1 N–H and O–H groups in total. The number of rotatable bonds is 3. The highest BCUT2D eigenvalue weighted by atomic mass is 79.9. The molecular weight excluding hydrogens is 285 g/mol. The molecule has 0 spiro atoms. The minimum atomic E-state index is -0.248. The summed E-state index contributed by atoms with van der Waals surface area (Å²) in [5.74, 6) is -0.248. The van der Waals surface area contributed by atoms with E-state index in [1.54, 1.807) is 12.4 Å². The molecule has 5 heteroatoms. The van der Waals surface area contributed by atoms with Crippen LogP contribution in [0.15, 0.2) is 29.1 Å². The van der Waals surface area contributed by atoms with E-state index in [1.165, 1.54) is 6.07 Å². The number of imidazole rings is 1. The Morgan fingerprint density at radius 3 is 2.94 bits per heavy atom. The molecule has 1 heterocycles. The highest BCUT2D eigenvalue weighted by Crippen LogP contribution is 2.23. The number of nitrogens with one attached hydrogen (secondary N) is 1. The lowest BCUT2D eigenvalue weighted by Gasteiger charge is -2.07. The summed E-state index contributed by atoms with van der Waals surface area (Å²) in [5, 5.41) is 3.04. The highest BCUT2D eigenvalue weighted by Gasteiger charge is 2.07. The number of aromatic nitrogens is 2. The maximum Gasteiger partial charge on any atom is 0.137 e. The standard InChI is InChI=1S/C12H13BrFN3/c1-8-3-11(14)10(13)4-12(8)17-6-9(5-15-2)16-7-17/h3-4,6-7,15H,5H2,1-2H3. The maximum atomic E-state index is 13.3. The Labute approximate surface area is 108 Å². The van der Waals surface area contributed by atoms with Gasteiger partial charge in [-0.1, -0.05) is 0 Å². The Morgan fingerprint density at radius 1 is 1.47 bits per heavy atom. The average Bonchev–Trinajstić information content (AvgIpc) is 2.72. The van der Waals surface area contributed by atoms with Crippen LogP contribution in [0.2, 0.25) is 0 Å². The largest absolute Gasteiger partial charge is 0.314 e. The molecule has 0 unspecified atom stereocenters. The van der Waals surface area contributed by atoms with Crippen LogP contribution in [0.1, 0.15) is 11.3 Å². The first kappa shape index (κ1) is 12.3. The predicted octanol–water partition coefficient (Wildman–Crippen LogP) is 2.80. The van der Waals surface area contributed by atoms with Gasteiger partial charge in [0.15, 0.2) is 0 Å². The van der Waals surface area contributed by atoms with Gasteiger partial charge in [-0.25, -0.2) is 9.37 Å². The molecule has 0 atom stereocenters. The first-order chi connectivity index (χ1) is 8.11. The van der Waals surface area contributed by atoms with Crippen LogP contribution in [0.25, 0.3) is 5.69 Å². The second kappa shape index (κ2) is 4.98. The molecule has 0 aliphatic carbocycles. The van der Waals surface area contributed by atoms with Crippen LogP contribution >= 0.6 is 15.9 Å². The highest BCUT2D eigenvalue weighted by molar-refractivity contribution is 9.10. The van der Waals surface area contributed by atoms with Crippen molar-refractivity contribution in [3.05, 3.63) is 46.2 Å². The molecule has 0 saturated heterocycles. The van der Waals surface area contributed by atoms with Gasteiger partial charge in [-0.15, -0.1) is 0 Å². The Morgan fingerprint density at radius 2 is 2.24 bits per heavy atom. The third-order valence-corrected chi connectivity index (χ3v) is 3.12. The molecule has 0 saturated carbocycles. The molecule has 17 heavy (non-hydrogen) atoms. The van der Waals surface area contributed by atoms with E-state index in [0.29, 0.717) is 11.0 Å². The normalized spacial score (nSPS) is 10.8. The number of hydrogen-bond acceptors (Lipinski definition) is 2. The summed E-state index contributed by atoms with van der Waals surface area (Å²) in [6.07, 6.45) is 3.67. The third kappa shape index (κ3) is 2.56. The fourth-order valence-corrected chi connectivity index (χ4v) is 2.01. The molecule has 2 rings (SSSR count). The van der Waals surface area contributed by atoms with E-state index < -0.39 is 0 Å². The SMILES string of the molecule is CNCc1cn(-c2cc(Br)c(F)cc2C)cn1. The summed E-state index contributed by atoms with van der Waals surface area (Å²) in [4.78, 5) is 4.27. The summed E-state index contributed by atoms with van der Waals surface area (Å²) < 4.78 is 15.7. The maximum absolute atomic E-state index is 13.3. The summed E-state index contributed by atoms with van der Waals surface area (Å²) in [5.41, 5.74) is 2.75. The van der Waals surface area contributed by atoms with Gasteiger partial charge in [0.05, 0.1) is 22.2 Å². The van der Waals surface area contributed by atoms with Gasteiger partial charge >= 0.3 is 0 Å². The second-order valence-electron chi connectivity index (χ2n) is 3.86. The van der Waals surface area contributed by atoms with Crippen LogP contribution in [0, 0.1) is 12.7 Å². The van der Waals surface area contributed by atoms with Gasteiger partial charge in [0.1, 0.15) is 5.82 Å². The van der Waals surface area contributed by atoms with Crippen molar-refractivity contribution in [2.24, 2.45) is 0 Å². The molecule has 1 aromatic carbocycles. The van der Waals surface area contributed by atoms with Crippen LogP contribution in [0.3, 0.4) is 0 Å². The number of halogens is 2. The monoisotopic (exact) mass is 297 g/mol. The van der Waals surface area contributed by atoms with Gasteiger partial charge in [0.25, 0.3) is 0 Å². The number of aryl methyl sites for hydroxylation is 1. The van der Waals surface area contributed by atoms with E-state index in [1.807, 2.05) is 24.7 Å². The molecule has 2 aromatic rings. The molecule has 0 aliphatic heterocycles. The lowest BCUT2D eigenvalue weighted by atomic mass is 10.2. The Balaban J connectivity index is 2.41. The van der Waals surface area contributed by atoms with Crippen LogP contribution in [0.5, 0.6) is 0 Å². The molecule has 3 nitrogen and oxygen atoms in total. The van der Waals surface area contributed by atoms with E-state index in [0.717, 1.165) is 16.9 Å². The molecule has 0 amide bonds. The Hall–Kier alpha value is -1.20. The fourth-order valence-electron chi connectivity index (χ4n) is 1.68. The summed E-state index contributed by atoms with van der Waals surface area (Å²) in [6, 6.07) is 3.27. The van der Waals surface area contributed by atoms with Crippen LogP contribution in [0.4, 0.5) is 4.39 Å². The van der Waals surface area contributed by atoms with E-state index in [4.69, 9.17) is 0 Å². The van der Waals surface area contributed by atoms with Crippen molar-refractivity contribution in [2.45, 2.75) is 13.5 Å². The summed E-state index contributed by atoms with van der Waals surface area (Å²) in [6.45, 7) is 2.59. The van der Waals surface area contributed by atoms with Crippen molar-refractivity contribution in [1.82, 2.24) is 14.9 Å². The number of nitrogens with zero attached hydrogens (tertiary/aromatic N) is 2. The Kier molecular flexibility index (Phi) is 3.59. The first-order valence-corrected chi connectivity index (χ1v) is 6.04. The molecular formula is C12H13BrFN3. The van der Waals surface area contributed by atoms with Gasteiger partial charge in [-0.05, 0) is 47.6 Å². The number of benzene rings is 1. The average molecular weight is 298 g/mol. The molecule has 90 valence electrons. The molecule has 1 aromatic heterocycles. The van der Waals surface area contributed by atoms with E-state index in [-0.39, 0.29) is 5.82 Å². The summed E-state index contributed by atoms with van der Waals surface area (Å²) in [7, 11) is 1.87. The van der Waals surface area contributed by atoms with E-state index in [2.05, 4.69) is 26.2 Å². The molecule has 0 aliphatic rings. The Bertz CT molecular complexity index is 537. The fraction of sp³-hybridized carbons (Fsp3) is 0.250. The van der Waals surface area contributed by atoms with Crippen LogP contribution in [-0.4, -0.2) is 16.6 Å². The zero-order valence-electron chi connectivity index (χ0n) is 9.67. The minimum Gasteiger partial charge on any atom is -0.314 e. The van der Waals surface area contributed by atoms with E-state index in [9.17, 15) is 4.39 Å². The zero-order valence-corrected chi connectivity index (χ0v) is 11.3. The molecule has 0 fully saturated rings. The van der Waals surface area contributed by atoms with Gasteiger partial charge in [-0.2, -0.15) is 0 Å². The van der Waals surface area contributed by atoms with Crippen molar-refractivity contribution in [2.75, 3.05) is 7.05 Å². The zero-order chi connectivity index (χ0) is 12.4. The van der Waals surface area contributed by atoms with Crippen LogP contribution in [-0.2, 0) is 6.54 Å². The van der Waals surface area contributed by atoms with Crippen molar-refractivity contribution < 1.29 is 4.39 Å². The third-order valence-electron chi connectivity index (χ3n) is 2.51. The first-order valence-electron chi connectivity index (χ1n) is 5.25. The van der Waals surface area contributed by atoms with Crippen molar-refractivity contribution in [3.8, 4) is 5.69 Å². The lowest BCUT2D eigenvalue weighted by Crippen LogP contribution is -2.05. The van der Waals surface area contributed by atoms with Crippen LogP contribution < -0.4 is 5.32 Å². The van der Waals surface area contributed by atoms with Gasteiger partial charge in [0, 0.05) is 12.7 Å². The lowest BCUT2D eigenvalue weighted by molar-refractivity contribution is 0.619. The second-order valence-corrected chi connectivity index (χ2v) is 4.71. The van der Waals surface area contributed by atoms with Crippen molar-refractivity contribution >= 4 is 15.9 Å². The predicted molar refractivity (Wildman–Crippen MR) is 68.7 cm³/mol. The van der Waals surface area contributed by atoms with Gasteiger partial charge in [0.2, 0.25) is 0 Å². The van der Waals surface area contributed by atoms with Crippen molar-refractivity contribution in [1.29, 1.82) is 0 Å². The quantitative estimate of drug-likeness (QED) is 0.944. The summed E-state index contributed by atoms with van der Waals surface area (Å²) >= 11 is 3.19. The van der Waals surface area contributed by atoms with E-state index >= 15 is 0 Å². The van der Waals surface area contributed by atoms with Gasteiger partial charge in [-0.3, -0.25) is 0 Å². The molecule has 0 bridgehead atoms. The molecule has 0 radical (unpaired) electrons.